The number of hydrogen-bond acceptors (Lipinski definition) is 2. The van der Waals surface area contributed by atoms with E-state index >= 15 is 0 Å². The van der Waals surface area contributed by atoms with Crippen LogP contribution in [-0.2, 0) is 0 Å². The van der Waals surface area contributed by atoms with Gasteiger partial charge in [-0.2, -0.15) is 0 Å². The fourth-order valence-corrected chi connectivity index (χ4v) is 1.70. The van der Waals surface area contributed by atoms with Gasteiger partial charge in [0.1, 0.15) is 0 Å². The third kappa shape index (κ3) is 5.40. The zero-order chi connectivity index (χ0) is 11.0. The summed E-state index contributed by atoms with van der Waals surface area (Å²) in [6.07, 6.45) is 3.20. The van der Waals surface area contributed by atoms with Crippen molar-refractivity contribution in [3.8, 4) is 0 Å². The first-order valence-corrected chi connectivity index (χ1v) is 5.70. The molecule has 0 aromatic carbocycles. The Labute approximate surface area is 89.4 Å². The Balaban J connectivity index is 3.88. The molecule has 2 heteroatoms. The number of hydrogen-bond donors (Lipinski definition) is 1. The third-order valence-corrected chi connectivity index (χ3v) is 2.56. The zero-order valence-electron chi connectivity index (χ0n) is 10.2. The molecule has 0 aliphatic rings. The van der Waals surface area contributed by atoms with E-state index in [0.717, 1.165) is 19.6 Å². The third-order valence-electron chi connectivity index (χ3n) is 2.56. The quantitative estimate of drug-likeness (QED) is 0.475. The molecular weight excluding hydrogens is 172 g/mol. The molecule has 0 spiro atoms. The second-order valence-corrected chi connectivity index (χ2v) is 4.07. The van der Waals surface area contributed by atoms with Crippen LogP contribution < -0.4 is 5.32 Å². The molecule has 0 bridgehead atoms. The fraction of sp³-hybridized carbons (Fsp3) is 0.833. The van der Waals surface area contributed by atoms with Gasteiger partial charge in [0.05, 0.1) is 0 Å². The summed E-state index contributed by atoms with van der Waals surface area (Å²) in [6.45, 7) is 15.9. The average Bonchev–Trinajstić information content (AvgIpc) is 2.13. The maximum atomic E-state index is 3.80. The van der Waals surface area contributed by atoms with Gasteiger partial charge in [-0.1, -0.05) is 13.0 Å². The van der Waals surface area contributed by atoms with E-state index in [9.17, 15) is 0 Å². The van der Waals surface area contributed by atoms with Crippen molar-refractivity contribution in [2.75, 3.05) is 19.6 Å². The van der Waals surface area contributed by atoms with Crippen LogP contribution in [0.1, 0.15) is 34.1 Å². The summed E-state index contributed by atoms with van der Waals surface area (Å²) in [6, 6.07) is 1.23. The molecule has 0 heterocycles. The van der Waals surface area contributed by atoms with Gasteiger partial charge in [0.2, 0.25) is 0 Å². The van der Waals surface area contributed by atoms with Crippen molar-refractivity contribution >= 4 is 0 Å². The highest BCUT2D eigenvalue weighted by atomic mass is 15.2. The van der Waals surface area contributed by atoms with Gasteiger partial charge in [-0.3, -0.25) is 4.90 Å². The molecule has 0 amide bonds. The molecule has 0 fully saturated rings. The van der Waals surface area contributed by atoms with Crippen LogP contribution in [-0.4, -0.2) is 36.6 Å². The molecule has 0 saturated heterocycles. The Morgan fingerprint density at radius 1 is 1.36 bits per heavy atom. The Morgan fingerprint density at radius 3 is 2.43 bits per heavy atom. The molecular formula is C12H26N2. The minimum Gasteiger partial charge on any atom is -0.317 e. The smallest absolute Gasteiger partial charge is 0.0166 e. The van der Waals surface area contributed by atoms with E-state index in [-0.39, 0.29) is 0 Å². The van der Waals surface area contributed by atoms with E-state index in [0.29, 0.717) is 12.1 Å². The summed E-state index contributed by atoms with van der Waals surface area (Å²) >= 11 is 0. The van der Waals surface area contributed by atoms with Crippen LogP contribution in [0.4, 0.5) is 0 Å². The molecule has 1 unspecified atom stereocenters. The highest BCUT2D eigenvalue weighted by molar-refractivity contribution is 4.80. The SMILES string of the molecule is C=CCN(C(C)C)C(C)CCNCC. The van der Waals surface area contributed by atoms with E-state index in [4.69, 9.17) is 0 Å². The molecule has 1 N–H and O–H groups in total. The molecule has 0 aliphatic heterocycles. The molecule has 0 aliphatic carbocycles. The van der Waals surface area contributed by atoms with Crippen LogP contribution in [0.15, 0.2) is 12.7 Å². The highest BCUT2D eigenvalue weighted by Gasteiger charge is 2.14. The van der Waals surface area contributed by atoms with E-state index in [1.807, 2.05) is 6.08 Å². The molecule has 0 radical (unpaired) electrons. The molecule has 14 heavy (non-hydrogen) atoms. The summed E-state index contributed by atoms with van der Waals surface area (Å²) in [7, 11) is 0. The van der Waals surface area contributed by atoms with Crippen molar-refractivity contribution < 1.29 is 0 Å². The van der Waals surface area contributed by atoms with Crippen LogP contribution >= 0.6 is 0 Å². The Hall–Kier alpha value is -0.340. The number of nitrogens with zero attached hydrogens (tertiary/aromatic N) is 1. The van der Waals surface area contributed by atoms with Crippen molar-refractivity contribution in [2.24, 2.45) is 0 Å². The van der Waals surface area contributed by atoms with E-state index in [1.54, 1.807) is 0 Å². The van der Waals surface area contributed by atoms with E-state index < -0.39 is 0 Å². The van der Waals surface area contributed by atoms with E-state index in [2.05, 4.69) is 44.5 Å². The molecule has 1 atom stereocenters. The monoisotopic (exact) mass is 198 g/mol. The standard InChI is InChI=1S/C12H26N2/c1-6-10-14(11(3)4)12(5)8-9-13-7-2/h6,11-13H,1,7-10H2,2-5H3. The van der Waals surface area contributed by atoms with Crippen molar-refractivity contribution in [3.05, 3.63) is 12.7 Å². The Kier molecular flexibility index (Phi) is 7.81. The summed E-state index contributed by atoms with van der Waals surface area (Å²) in [5.74, 6) is 0. The largest absolute Gasteiger partial charge is 0.317 e. The van der Waals surface area contributed by atoms with Crippen molar-refractivity contribution in [1.29, 1.82) is 0 Å². The topological polar surface area (TPSA) is 15.3 Å². The second-order valence-electron chi connectivity index (χ2n) is 4.07. The lowest BCUT2D eigenvalue weighted by Gasteiger charge is -2.31. The molecule has 0 aromatic heterocycles. The first-order valence-electron chi connectivity index (χ1n) is 5.70. The number of rotatable bonds is 8. The first kappa shape index (κ1) is 13.7. The van der Waals surface area contributed by atoms with Gasteiger partial charge in [0.25, 0.3) is 0 Å². The van der Waals surface area contributed by atoms with Gasteiger partial charge in [-0.05, 0) is 40.3 Å². The summed E-state index contributed by atoms with van der Waals surface area (Å²) < 4.78 is 0. The summed E-state index contributed by atoms with van der Waals surface area (Å²) in [4.78, 5) is 2.48. The molecule has 0 rings (SSSR count). The summed E-state index contributed by atoms with van der Waals surface area (Å²) in [5, 5.41) is 3.36. The fourth-order valence-electron chi connectivity index (χ4n) is 1.70. The lowest BCUT2D eigenvalue weighted by molar-refractivity contribution is 0.175. The van der Waals surface area contributed by atoms with Crippen molar-refractivity contribution in [3.63, 3.8) is 0 Å². The zero-order valence-corrected chi connectivity index (χ0v) is 10.2. The predicted octanol–water partition coefficient (Wildman–Crippen LogP) is 2.27. The highest BCUT2D eigenvalue weighted by Crippen LogP contribution is 2.07. The van der Waals surface area contributed by atoms with Crippen LogP contribution in [0.2, 0.25) is 0 Å². The molecule has 0 saturated carbocycles. The molecule has 2 nitrogen and oxygen atoms in total. The van der Waals surface area contributed by atoms with Crippen LogP contribution in [0, 0.1) is 0 Å². The van der Waals surface area contributed by atoms with Gasteiger partial charge in [-0.15, -0.1) is 6.58 Å². The lowest BCUT2D eigenvalue weighted by Crippen LogP contribution is -2.40. The second kappa shape index (κ2) is 8.01. The maximum absolute atomic E-state index is 3.80. The Bertz CT molecular complexity index is 143. The van der Waals surface area contributed by atoms with E-state index in [1.165, 1.54) is 6.42 Å². The lowest BCUT2D eigenvalue weighted by atomic mass is 10.1. The first-order chi connectivity index (χ1) is 6.63. The van der Waals surface area contributed by atoms with Crippen molar-refractivity contribution in [1.82, 2.24) is 10.2 Å². The minimum absolute atomic E-state index is 0.602. The minimum atomic E-state index is 0.602. The number of nitrogens with one attached hydrogen (secondary N) is 1. The van der Waals surface area contributed by atoms with Crippen LogP contribution in [0.25, 0.3) is 0 Å². The van der Waals surface area contributed by atoms with Gasteiger partial charge in [0, 0.05) is 18.6 Å². The Morgan fingerprint density at radius 2 is 2.00 bits per heavy atom. The maximum Gasteiger partial charge on any atom is 0.0166 e. The predicted molar refractivity (Wildman–Crippen MR) is 64.7 cm³/mol. The van der Waals surface area contributed by atoms with Gasteiger partial charge >= 0.3 is 0 Å². The average molecular weight is 198 g/mol. The van der Waals surface area contributed by atoms with Gasteiger partial charge in [0.15, 0.2) is 0 Å². The molecule has 0 aromatic rings. The summed E-state index contributed by atoms with van der Waals surface area (Å²) in [5.41, 5.74) is 0. The van der Waals surface area contributed by atoms with Gasteiger partial charge < -0.3 is 5.32 Å². The van der Waals surface area contributed by atoms with Crippen LogP contribution in [0.5, 0.6) is 0 Å². The van der Waals surface area contributed by atoms with Gasteiger partial charge in [-0.25, -0.2) is 0 Å². The molecule has 84 valence electrons. The van der Waals surface area contributed by atoms with Crippen molar-refractivity contribution in [2.45, 2.75) is 46.2 Å². The normalized spacial score (nSPS) is 13.6. The van der Waals surface area contributed by atoms with Crippen LogP contribution in [0.3, 0.4) is 0 Å².